The van der Waals surface area contributed by atoms with Crippen LogP contribution in [0.1, 0.15) is 63.1 Å². The molecule has 1 aliphatic heterocycles. The minimum absolute atomic E-state index is 0.0812. The zero-order chi connectivity index (χ0) is 23.6. The standard InChI is InChI=1S/C26H36N4O3/c1-4-8-19-17(14-28-23(19)27)13-25(2,3)29-15-18(31)16-33-21-10-7-9-20-22(21)26(24(32)30-20)11-5-6-12-26/h4,7-10,14,18,28-29,31H,5-6,11-13,15-16,27H2,1-3H3,(H,30,32)/b8-4-. The van der Waals surface area contributed by atoms with E-state index in [4.69, 9.17) is 10.5 Å². The lowest BCUT2D eigenvalue weighted by atomic mass is 9.79. The Morgan fingerprint density at radius 3 is 2.82 bits per heavy atom. The number of allylic oxidation sites excluding steroid dienone is 1. The average Bonchev–Trinajstić information content (AvgIpc) is 3.47. The van der Waals surface area contributed by atoms with Gasteiger partial charge >= 0.3 is 0 Å². The van der Waals surface area contributed by atoms with Crippen molar-refractivity contribution in [2.75, 3.05) is 24.2 Å². The van der Waals surface area contributed by atoms with Gasteiger partial charge in [-0.25, -0.2) is 0 Å². The molecule has 1 aliphatic carbocycles. The van der Waals surface area contributed by atoms with Gasteiger partial charge in [0.2, 0.25) is 5.91 Å². The number of hydrogen-bond donors (Lipinski definition) is 5. The smallest absolute Gasteiger partial charge is 0.235 e. The molecule has 7 heteroatoms. The van der Waals surface area contributed by atoms with Crippen LogP contribution < -0.4 is 21.1 Å². The van der Waals surface area contributed by atoms with Gasteiger partial charge in [0.15, 0.2) is 0 Å². The fraction of sp³-hybridized carbons (Fsp3) is 0.500. The van der Waals surface area contributed by atoms with Crippen molar-refractivity contribution in [1.82, 2.24) is 10.3 Å². The Morgan fingerprint density at radius 1 is 1.33 bits per heavy atom. The average molecular weight is 453 g/mol. The van der Waals surface area contributed by atoms with Gasteiger partial charge in [-0.05, 0) is 57.7 Å². The predicted molar refractivity (Wildman–Crippen MR) is 132 cm³/mol. The molecule has 0 saturated heterocycles. The van der Waals surface area contributed by atoms with E-state index in [0.717, 1.165) is 54.5 Å². The zero-order valence-corrected chi connectivity index (χ0v) is 19.8. The van der Waals surface area contributed by atoms with Crippen LogP contribution in [-0.4, -0.2) is 40.8 Å². The van der Waals surface area contributed by atoms with Crippen molar-refractivity contribution in [2.45, 2.75) is 69.9 Å². The Bertz CT molecular complexity index is 1030. The van der Waals surface area contributed by atoms with Crippen LogP contribution in [-0.2, 0) is 16.6 Å². The summed E-state index contributed by atoms with van der Waals surface area (Å²) in [7, 11) is 0. The monoisotopic (exact) mass is 452 g/mol. The molecule has 2 aliphatic rings. The lowest BCUT2D eigenvalue weighted by molar-refractivity contribution is -0.120. The van der Waals surface area contributed by atoms with E-state index in [1.54, 1.807) is 0 Å². The van der Waals surface area contributed by atoms with Crippen LogP contribution in [0.25, 0.3) is 6.08 Å². The Balaban J connectivity index is 1.36. The number of aliphatic hydroxyl groups excluding tert-OH is 1. The van der Waals surface area contributed by atoms with Gasteiger partial charge in [-0.15, -0.1) is 0 Å². The predicted octanol–water partition coefficient (Wildman–Crippen LogP) is 3.74. The van der Waals surface area contributed by atoms with Gasteiger partial charge in [0, 0.05) is 35.1 Å². The number of anilines is 2. The fourth-order valence-electron chi connectivity index (χ4n) is 5.24. The first-order valence-electron chi connectivity index (χ1n) is 11.8. The van der Waals surface area contributed by atoms with Crippen LogP contribution in [0.4, 0.5) is 11.5 Å². The molecule has 1 spiro atoms. The summed E-state index contributed by atoms with van der Waals surface area (Å²) < 4.78 is 6.07. The van der Waals surface area contributed by atoms with Crippen molar-refractivity contribution in [3.8, 4) is 5.75 Å². The molecule has 2 heterocycles. The van der Waals surface area contributed by atoms with E-state index in [9.17, 15) is 9.90 Å². The van der Waals surface area contributed by atoms with E-state index in [2.05, 4.69) is 29.5 Å². The highest BCUT2D eigenvalue weighted by Crippen LogP contribution is 2.52. The normalized spacial score (nSPS) is 18.1. The topological polar surface area (TPSA) is 112 Å². The van der Waals surface area contributed by atoms with Gasteiger partial charge in [0.05, 0.1) is 5.41 Å². The zero-order valence-electron chi connectivity index (χ0n) is 19.8. The minimum Gasteiger partial charge on any atom is -0.490 e. The van der Waals surface area contributed by atoms with Crippen molar-refractivity contribution >= 4 is 23.5 Å². The highest BCUT2D eigenvalue weighted by atomic mass is 16.5. The first-order chi connectivity index (χ1) is 15.8. The maximum absolute atomic E-state index is 12.7. The molecule has 1 amide bonds. The number of nitrogens with two attached hydrogens (primary N) is 1. The number of ether oxygens (including phenoxy) is 1. The number of aliphatic hydroxyl groups is 1. The van der Waals surface area contributed by atoms with Gasteiger partial charge in [-0.2, -0.15) is 0 Å². The third-order valence-electron chi connectivity index (χ3n) is 6.90. The quantitative estimate of drug-likeness (QED) is 0.398. The second-order valence-electron chi connectivity index (χ2n) is 9.97. The Kier molecular flexibility index (Phi) is 6.54. The Morgan fingerprint density at radius 2 is 2.09 bits per heavy atom. The van der Waals surface area contributed by atoms with E-state index in [1.807, 2.05) is 43.5 Å². The molecule has 7 nitrogen and oxygen atoms in total. The molecular formula is C26H36N4O3. The molecule has 1 saturated carbocycles. The summed E-state index contributed by atoms with van der Waals surface area (Å²) >= 11 is 0. The first kappa shape index (κ1) is 23.4. The lowest BCUT2D eigenvalue weighted by Gasteiger charge is -2.28. The summed E-state index contributed by atoms with van der Waals surface area (Å²) in [4.78, 5) is 15.8. The summed E-state index contributed by atoms with van der Waals surface area (Å²) in [6, 6.07) is 5.73. The largest absolute Gasteiger partial charge is 0.490 e. The maximum atomic E-state index is 12.7. The van der Waals surface area contributed by atoms with Gasteiger partial charge in [-0.1, -0.05) is 31.1 Å². The van der Waals surface area contributed by atoms with Gasteiger partial charge in [0.1, 0.15) is 24.3 Å². The summed E-state index contributed by atoms with van der Waals surface area (Å²) in [5.41, 5.74) is 9.28. The highest BCUT2D eigenvalue weighted by molar-refractivity contribution is 6.07. The van der Waals surface area contributed by atoms with Gasteiger partial charge in [-0.3, -0.25) is 4.79 Å². The number of β-amino-alcohol motifs (C(OH)–C–C–N with tert-alkyl or cyclic N) is 1. The molecular weight excluding hydrogens is 416 g/mol. The van der Waals surface area contributed by atoms with E-state index in [-0.39, 0.29) is 18.1 Å². The number of hydrogen-bond acceptors (Lipinski definition) is 5. The second kappa shape index (κ2) is 9.23. The van der Waals surface area contributed by atoms with E-state index < -0.39 is 11.5 Å². The molecule has 178 valence electrons. The molecule has 0 radical (unpaired) electrons. The number of nitrogen functional groups attached to an aromatic ring is 1. The number of aromatic amines is 1. The van der Waals surface area contributed by atoms with Crippen molar-refractivity contribution in [1.29, 1.82) is 0 Å². The Hall–Kier alpha value is -2.77. The van der Waals surface area contributed by atoms with E-state index in [1.165, 1.54) is 0 Å². The van der Waals surface area contributed by atoms with Crippen LogP contribution >= 0.6 is 0 Å². The van der Waals surface area contributed by atoms with E-state index >= 15 is 0 Å². The maximum Gasteiger partial charge on any atom is 0.235 e. The van der Waals surface area contributed by atoms with Crippen LogP contribution in [0.3, 0.4) is 0 Å². The molecule has 1 unspecified atom stereocenters. The van der Waals surface area contributed by atoms with Gasteiger partial charge in [0.25, 0.3) is 0 Å². The molecule has 6 N–H and O–H groups in total. The molecule has 4 rings (SSSR count). The van der Waals surface area contributed by atoms with Crippen LogP contribution in [0.5, 0.6) is 5.75 Å². The number of amides is 1. The number of aromatic nitrogens is 1. The summed E-state index contributed by atoms with van der Waals surface area (Å²) in [5.74, 6) is 1.44. The molecule has 1 fully saturated rings. The number of carbonyl (C=O) groups excluding carboxylic acids is 1. The number of benzene rings is 1. The Labute approximate surface area is 195 Å². The highest BCUT2D eigenvalue weighted by Gasteiger charge is 2.50. The van der Waals surface area contributed by atoms with Crippen molar-refractivity contribution in [2.24, 2.45) is 0 Å². The number of carbonyl (C=O) groups is 1. The number of nitrogens with one attached hydrogen (secondary N) is 3. The van der Waals surface area contributed by atoms with Crippen molar-refractivity contribution < 1.29 is 14.6 Å². The SMILES string of the molecule is C/C=C\c1c(CC(C)(C)NCC(O)COc2cccc3c2C2(CCCC2)C(=O)N3)c[nH]c1N. The lowest BCUT2D eigenvalue weighted by Crippen LogP contribution is -2.46. The van der Waals surface area contributed by atoms with Crippen LogP contribution in [0.15, 0.2) is 30.5 Å². The van der Waals surface area contributed by atoms with Crippen molar-refractivity contribution in [3.63, 3.8) is 0 Å². The number of fused-ring (bicyclic) bond motifs is 2. The molecule has 0 bridgehead atoms. The summed E-state index contributed by atoms with van der Waals surface area (Å²) in [6.07, 6.45) is 9.80. The second-order valence-corrected chi connectivity index (χ2v) is 9.97. The van der Waals surface area contributed by atoms with E-state index in [0.29, 0.717) is 18.1 Å². The third-order valence-corrected chi connectivity index (χ3v) is 6.90. The number of H-pyrrole nitrogens is 1. The summed E-state index contributed by atoms with van der Waals surface area (Å²) in [6.45, 7) is 6.73. The third kappa shape index (κ3) is 4.66. The molecule has 2 aromatic rings. The summed E-state index contributed by atoms with van der Waals surface area (Å²) in [5, 5.41) is 17.1. The van der Waals surface area contributed by atoms with Crippen LogP contribution in [0, 0.1) is 0 Å². The molecule has 1 aromatic carbocycles. The number of rotatable bonds is 9. The fourth-order valence-corrected chi connectivity index (χ4v) is 5.24. The molecule has 1 atom stereocenters. The molecule has 1 aromatic heterocycles. The molecule has 33 heavy (non-hydrogen) atoms. The van der Waals surface area contributed by atoms with Gasteiger partial charge < -0.3 is 31.2 Å². The first-order valence-corrected chi connectivity index (χ1v) is 11.8. The van der Waals surface area contributed by atoms with Crippen molar-refractivity contribution in [3.05, 3.63) is 47.2 Å². The van der Waals surface area contributed by atoms with Crippen LogP contribution in [0.2, 0.25) is 0 Å². The minimum atomic E-state index is -0.684.